The number of halogens is 2. The zero-order valence-corrected chi connectivity index (χ0v) is 21.6. The Labute approximate surface area is 212 Å². The van der Waals surface area contributed by atoms with E-state index in [0.717, 1.165) is 34.5 Å². The number of hydrogen-bond acceptors (Lipinski definition) is 6. The number of nitrogen functional groups attached to an aromatic ring is 1. The predicted molar refractivity (Wildman–Crippen MR) is 138 cm³/mol. The van der Waals surface area contributed by atoms with Crippen molar-refractivity contribution in [2.75, 3.05) is 12.3 Å². The third-order valence-electron chi connectivity index (χ3n) is 6.09. The number of benzene rings is 1. The molecule has 1 aliphatic heterocycles. The largest absolute Gasteiger partial charge is 0.383 e. The fraction of sp³-hybridized carbons (Fsp3) is 0.320. The third-order valence-corrected chi connectivity index (χ3v) is 6.94. The van der Waals surface area contributed by atoms with Crippen LogP contribution >= 0.6 is 27.5 Å². The minimum absolute atomic E-state index is 0.0894. The Morgan fingerprint density at radius 2 is 1.94 bits per heavy atom. The molecule has 4 rings (SSSR count). The van der Waals surface area contributed by atoms with E-state index in [-0.39, 0.29) is 28.2 Å². The average molecular weight is 542 g/mol. The fourth-order valence-electron chi connectivity index (χ4n) is 4.03. The first-order valence-electron chi connectivity index (χ1n) is 11.0. The van der Waals surface area contributed by atoms with E-state index in [0.29, 0.717) is 23.3 Å². The van der Waals surface area contributed by atoms with Crippen LogP contribution in [0.15, 0.2) is 52.2 Å². The number of nitrogens with two attached hydrogens (primary N) is 1. The highest BCUT2D eigenvalue weighted by Gasteiger charge is 2.34. The molecule has 0 fully saturated rings. The molecule has 7 nitrogen and oxygen atoms in total. The van der Waals surface area contributed by atoms with Crippen molar-refractivity contribution >= 4 is 45.0 Å². The van der Waals surface area contributed by atoms with E-state index >= 15 is 0 Å². The summed E-state index contributed by atoms with van der Waals surface area (Å²) >= 11 is 9.35. The van der Waals surface area contributed by atoms with Crippen molar-refractivity contribution in [1.29, 1.82) is 0 Å². The number of rotatable bonds is 5. The molecule has 0 radical (unpaired) electrons. The van der Waals surface area contributed by atoms with Crippen molar-refractivity contribution in [2.24, 2.45) is 10.4 Å². The lowest BCUT2D eigenvalue weighted by atomic mass is 9.82. The molecule has 1 amide bonds. The number of hydrogen-bond donors (Lipinski definition) is 2. The number of pyridine rings is 1. The Kier molecular flexibility index (Phi) is 7.00. The van der Waals surface area contributed by atoms with Gasteiger partial charge in [-0.3, -0.25) is 9.79 Å². The molecule has 9 heteroatoms. The first kappa shape index (κ1) is 24.3. The molecule has 3 heterocycles. The van der Waals surface area contributed by atoms with Gasteiger partial charge in [0.05, 0.1) is 23.0 Å². The lowest BCUT2D eigenvalue weighted by Gasteiger charge is -2.32. The molecule has 3 N–H and O–H groups in total. The highest BCUT2D eigenvalue weighted by molar-refractivity contribution is 9.10. The van der Waals surface area contributed by atoms with Crippen LogP contribution in [0.3, 0.4) is 0 Å². The first-order chi connectivity index (χ1) is 16.2. The van der Waals surface area contributed by atoms with E-state index < -0.39 is 0 Å². The molecular weight excluding hydrogens is 516 g/mol. The Morgan fingerprint density at radius 3 is 2.68 bits per heavy atom. The SMILES string of the molecule is Cc1ccc(C2=NC(C(C)(C)CNC(=O)c3nc(Cl)ccc3Br)CCc3ncnc(N)c32)cc1. The molecule has 1 aromatic carbocycles. The van der Waals surface area contributed by atoms with Crippen LogP contribution in [0.2, 0.25) is 5.15 Å². The number of carbonyl (C=O) groups excluding carboxylic acids is 1. The summed E-state index contributed by atoms with van der Waals surface area (Å²) in [6.45, 7) is 6.64. The summed E-state index contributed by atoms with van der Waals surface area (Å²) in [5.41, 5.74) is 10.8. The zero-order valence-electron chi connectivity index (χ0n) is 19.3. The Hall–Kier alpha value is -2.84. The summed E-state index contributed by atoms with van der Waals surface area (Å²) in [6, 6.07) is 11.5. The van der Waals surface area contributed by atoms with Gasteiger partial charge in [0.1, 0.15) is 23.0 Å². The van der Waals surface area contributed by atoms with Gasteiger partial charge >= 0.3 is 0 Å². The van der Waals surface area contributed by atoms with Crippen LogP contribution < -0.4 is 11.1 Å². The minimum Gasteiger partial charge on any atom is -0.383 e. The van der Waals surface area contributed by atoms with Gasteiger partial charge in [-0.25, -0.2) is 15.0 Å². The smallest absolute Gasteiger partial charge is 0.271 e. The maximum atomic E-state index is 12.8. The number of aliphatic imine (C=N–C) groups is 1. The van der Waals surface area contributed by atoms with E-state index in [4.69, 9.17) is 22.3 Å². The number of aromatic nitrogens is 3. The van der Waals surface area contributed by atoms with Gasteiger partial charge in [0.2, 0.25) is 0 Å². The second-order valence-electron chi connectivity index (χ2n) is 9.11. The van der Waals surface area contributed by atoms with Gasteiger partial charge in [0, 0.05) is 22.0 Å². The molecular formula is C25H26BrClN6O. The third kappa shape index (κ3) is 5.13. The summed E-state index contributed by atoms with van der Waals surface area (Å²) in [5, 5.41) is 3.27. The summed E-state index contributed by atoms with van der Waals surface area (Å²) in [5.74, 6) is 0.130. The van der Waals surface area contributed by atoms with E-state index in [1.807, 2.05) is 19.1 Å². The van der Waals surface area contributed by atoms with Crippen molar-refractivity contribution in [3.63, 3.8) is 0 Å². The van der Waals surface area contributed by atoms with Crippen molar-refractivity contribution in [3.05, 3.63) is 80.4 Å². The second kappa shape index (κ2) is 9.80. The first-order valence-corrected chi connectivity index (χ1v) is 12.2. The average Bonchev–Trinajstić information content (AvgIpc) is 3.01. The number of fused-ring (bicyclic) bond motifs is 1. The van der Waals surface area contributed by atoms with E-state index in [2.05, 4.69) is 62.2 Å². The van der Waals surface area contributed by atoms with Gasteiger partial charge in [-0.15, -0.1) is 0 Å². The molecule has 0 saturated carbocycles. The van der Waals surface area contributed by atoms with Crippen LogP contribution in [-0.2, 0) is 6.42 Å². The Morgan fingerprint density at radius 1 is 1.21 bits per heavy atom. The maximum absolute atomic E-state index is 12.8. The lowest BCUT2D eigenvalue weighted by molar-refractivity contribution is 0.0924. The van der Waals surface area contributed by atoms with Crippen LogP contribution in [0.1, 0.15) is 53.1 Å². The highest BCUT2D eigenvalue weighted by atomic mass is 79.9. The van der Waals surface area contributed by atoms with Crippen LogP contribution in [0.5, 0.6) is 0 Å². The van der Waals surface area contributed by atoms with Gasteiger partial charge < -0.3 is 11.1 Å². The quantitative estimate of drug-likeness (QED) is 0.452. The molecule has 0 aliphatic carbocycles. The van der Waals surface area contributed by atoms with Gasteiger partial charge in [-0.2, -0.15) is 0 Å². The number of aryl methyl sites for hydroxylation is 2. The van der Waals surface area contributed by atoms with Gasteiger partial charge in [0.25, 0.3) is 5.91 Å². The van der Waals surface area contributed by atoms with Crippen molar-refractivity contribution in [3.8, 4) is 0 Å². The van der Waals surface area contributed by atoms with E-state index in [1.165, 1.54) is 6.33 Å². The predicted octanol–water partition coefficient (Wildman–Crippen LogP) is 4.79. The summed E-state index contributed by atoms with van der Waals surface area (Å²) < 4.78 is 0.589. The number of carbonyl (C=O) groups is 1. The molecule has 34 heavy (non-hydrogen) atoms. The van der Waals surface area contributed by atoms with Crippen LogP contribution in [0.25, 0.3) is 0 Å². The molecule has 2 aromatic heterocycles. The van der Waals surface area contributed by atoms with E-state index in [9.17, 15) is 4.79 Å². The summed E-state index contributed by atoms with van der Waals surface area (Å²) in [4.78, 5) is 30.9. The molecule has 1 aliphatic rings. The molecule has 1 atom stereocenters. The molecule has 1 unspecified atom stereocenters. The molecule has 176 valence electrons. The number of nitrogens with zero attached hydrogens (tertiary/aromatic N) is 4. The molecule has 0 saturated heterocycles. The van der Waals surface area contributed by atoms with Crippen molar-refractivity contribution in [1.82, 2.24) is 20.3 Å². The normalized spacial score (nSPS) is 15.8. The highest BCUT2D eigenvalue weighted by Crippen LogP contribution is 2.33. The van der Waals surface area contributed by atoms with Gasteiger partial charge in [-0.05, 0) is 47.8 Å². The van der Waals surface area contributed by atoms with E-state index in [1.54, 1.807) is 12.1 Å². The van der Waals surface area contributed by atoms with Crippen LogP contribution in [0, 0.1) is 12.3 Å². The Balaban J connectivity index is 1.65. The number of nitrogens with one attached hydrogen (secondary N) is 1. The topological polar surface area (TPSA) is 106 Å². The summed E-state index contributed by atoms with van der Waals surface area (Å²) in [6.07, 6.45) is 2.98. The molecule has 0 bridgehead atoms. The fourth-order valence-corrected chi connectivity index (χ4v) is 4.57. The monoisotopic (exact) mass is 540 g/mol. The molecule has 0 spiro atoms. The minimum atomic E-state index is -0.360. The van der Waals surface area contributed by atoms with Crippen LogP contribution in [-0.4, -0.2) is 39.2 Å². The summed E-state index contributed by atoms with van der Waals surface area (Å²) in [7, 11) is 0. The van der Waals surface area contributed by atoms with Crippen molar-refractivity contribution < 1.29 is 4.79 Å². The lowest BCUT2D eigenvalue weighted by Crippen LogP contribution is -2.41. The molecule has 3 aromatic rings. The van der Waals surface area contributed by atoms with Crippen molar-refractivity contribution in [2.45, 2.75) is 39.7 Å². The Bertz CT molecular complexity index is 1260. The van der Waals surface area contributed by atoms with Gasteiger partial charge in [0.15, 0.2) is 0 Å². The number of amides is 1. The standard InChI is InChI=1S/C25H26BrClN6O/c1-14-4-6-15(7-5-14)21-20-17(30-13-31-23(20)28)9-10-18(32-21)25(2,3)12-29-24(34)22-16(26)8-11-19(27)33-22/h4-8,11,13,18H,9-10,12H2,1-3H3,(H,29,34)(H2,28,30,31). The van der Waals surface area contributed by atoms with Crippen LogP contribution in [0.4, 0.5) is 5.82 Å². The second-order valence-corrected chi connectivity index (χ2v) is 10.4. The number of anilines is 1. The van der Waals surface area contributed by atoms with Gasteiger partial charge in [-0.1, -0.05) is 55.3 Å². The maximum Gasteiger partial charge on any atom is 0.271 e. The zero-order chi connectivity index (χ0) is 24.5.